The van der Waals surface area contributed by atoms with Crippen molar-refractivity contribution in [3.8, 4) is 11.3 Å². The monoisotopic (exact) mass is 378 g/mol. The number of nitrogens with zero attached hydrogens (tertiary/aromatic N) is 2. The lowest BCUT2D eigenvalue weighted by atomic mass is 10.0. The molecule has 0 aliphatic heterocycles. The third-order valence-corrected chi connectivity index (χ3v) is 4.98. The Morgan fingerprint density at radius 3 is 2.43 bits per heavy atom. The van der Waals surface area contributed by atoms with Crippen LogP contribution < -0.4 is 4.90 Å². The molecule has 2 aromatic carbocycles. The summed E-state index contributed by atoms with van der Waals surface area (Å²) in [5.74, 6) is 0.477. The van der Waals surface area contributed by atoms with Crippen LogP contribution in [0.15, 0.2) is 59.1 Å². The Kier molecular flexibility index (Phi) is 6.14. The van der Waals surface area contributed by atoms with E-state index in [9.17, 15) is 9.90 Å². The largest absolute Gasteiger partial charge is 0.465 e. The first-order valence-corrected chi connectivity index (χ1v) is 9.65. The van der Waals surface area contributed by atoms with Crippen LogP contribution in [-0.2, 0) is 6.42 Å². The van der Waals surface area contributed by atoms with Crippen LogP contribution in [0.1, 0.15) is 49.6 Å². The number of benzene rings is 2. The number of anilines is 1. The van der Waals surface area contributed by atoms with Gasteiger partial charge < -0.3 is 9.63 Å². The number of carboxylic acid groups (broad SMARTS) is 1. The zero-order chi connectivity index (χ0) is 20.1. The van der Waals surface area contributed by atoms with Crippen molar-refractivity contribution in [1.29, 1.82) is 0 Å². The maximum Gasteiger partial charge on any atom is 0.412 e. The van der Waals surface area contributed by atoms with Gasteiger partial charge in [-0.1, -0.05) is 73.1 Å². The second kappa shape index (κ2) is 8.74. The number of aryl methyl sites for hydroxylation is 2. The Balaban J connectivity index is 1.99. The van der Waals surface area contributed by atoms with Crippen molar-refractivity contribution in [3.63, 3.8) is 0 Å². The van der Waals surface area contributed by atoms with E-state index in [2.05, 4.69) is 24.2 Å². The molecule has 5 nitrogen and oxygen atoms in total. The highest BCUT2D eigenvalue weighted by molar-refractivity contribution is 5.93. The molecule has 3 rings (SSSR count). The minimum Gasteiger partial charge on any atom is -0.465 e. The van der Waals surface area contributed by atoms with Gasteiger partial charge in [-0.25, -0.2) is 4.79 Å². The van der Waals surface area contributed by atoms with Crippen LogP contribution in [0.3, 0.4) is 0 Å². The van der Waals surface area contributed by atoms with Crippen molar-refractivity contribution >= 4 is 11.8 Å². The van der Waals surface area contributed by atoms with Crippen molar-refractivity contribution in [2.45, 2.75) is 46.1 Å². The van der Waals surface area contributed by atoms with Gasteiger partial charge in [0.2, 0.25) is 0 Å². The van der Waals surface area contributed by atoms with Gasteiger partial charge in [0.1, 0.15) is 11.4 Å². The van der Waals surface area contributed by atoms with Gasteiger partial charge in [-0.05, 0) is 37.8 Å². The quantitative estimate of drug-likeness (QED) is 0.528. The molecule has 0 saturated carbocycles. The van der Waals surface area contributed by atoms with Gasteiger partial charge in [0.25, 0.3) is 0 Å². The minimum absolute atomic E-state index is 0.376. The molecule has 3 aromatic rings. The first-order valence-electron chi connectivity index (χ1n) is 9.65. The Hall–Kier alpha value is -3.08. The van der Waals surface area contributed by atoms with E-state index < -0.39 is 6.09 Å². The lowest BCUT2D eigenvalue weighted by molar-refractivity contribution is 0.199. The highest BCUT2D eigenvalue weighted by Gasteiger charge is 2.30. The van der Waals surface area contributed by atoms with Crippen LogP contribution in [0.4, 0.5) is 10.5 Å². The average Bonchev–Trinajstić information content (AvgIpc) is 3.08. The van der Waals surface area contributed by atoms with Crippen LogP contribution in [0.25, 0.3) is 11.3 Å². The summed E-state index contributed by atoms with van der Waals surface area (Å²) < 4.78 is 5.56. The van der Waals surface area contributed by atoms with Crippen molar-refractivity contribution in [2.75, 3.05) is 4.90 Å². The third kappa shape index (κ3) is 4.09. The summed E-state index contributed by atoms with van der Waals surface area (Å²) in [4.78, 5) is 13.5. The number of rotatable bonds is 7. The van der Waals surface area contributed by atoms with Crippen LogP contribution in [-0.4, -0.2) is 16.4 Å². The van der Waals surface area contributed by atoms with E-state index in [0.29, 0.717) is 17.1 Å². The predicted octanol–water partition coefficient (Wildman–Crippen LogP) is 6.24. The SMILES string of the molecule is CCCCc1ccc(-c2onc(C)c2N(C(=O)O)C(C)c2ccccc2)cc1. The second-order valence-corrected chi connectivity index (χ2v) is 6.99. The van der Waals surface area contributed by atoms with Crippen LogP contribution in [0.5, 0.6) is 0 Å². The van der Waals surface area contributed by atoms with Crippen molar-refractivity contribution < 1.29 is 14.4 Å². The molecule has 1 atom stereocenters. The van der Waals surface area contributed by atoms with Crippen LogP contribution >= 0.6 is 0 Å². The molecule has 1 aromatic heterocycles. The third-order valence-electron chi connectivity index (χ3n) is 4.98. The molecule has 0 saturated heterocycles. The molecule has 0 spiro atoms. The summed E-state index contributed by atoms with van der Waals surface area (Å²) in [6, 6.07) is 17.3. The van der Waals surface area contributed by atoms with Crippen molar-refractivity contribution in [3.05, 3.63) is 71.4 Å². The molecule has 1 amide bonds. The van der Waals surface area contributed by atoms with Crippen LogP contribution in [0.2, 0.25) is 0 Å². The zero-order valence-corrected chi connectivity index (χ0v) is 16.6. The van der Waals surface area contributed by atoms with E-state index in [1.54, 1.807) is 6.92 Å². The maximum atomic E-state index is 12.2. The van der Waals surface area contributed by atoms with Crippen molar-refractivity contribution in [1.82, 2.24) is 5.16 Å². The topological polar surface area (TPSA) is 66.6 Å². The standard InChI is InChI=1S/C23H26N2O3/c1-4-5-9-18-12-14-20(15-13-18)22-21(16(2)24-28-22)25(23(26)27)17(3)19-10-7-6-8-11-19/h6-8,10-15,17H,4-5,9H2,1-3H3,(H,26,27). The fraction of sp³-hybridized carbons (Fsp3) is 0.304. The molecule has 0 radical (unpaired) electrons. The van der Waals surface area contributed by atoms with Gasteiger partial charge in [0.15, 0.2) is 5.76 Å². The van der Waals surface area contributed by atoms with Gasteiger partial charge in [0, 0.05) is 5.56 Å². The smallest absolute Gasteiger partial charge is 0.412 e. The summed E-state index contributed by atoms with van der Waals surface area (Å²) in [5, 5.41) is 14.0. The second-order valence-electron chi connectivity index (χ2n) is 6.99. The van der Waals surface area contributed by atoms with E-state index in [-0.39, 0.29) is 6.04 Å². The van der Waals surface area contributed by atoms with Crippen LogP contribution in [0, 0.1) is 6.92 Å². The summed E-state index contributed by atoms with van der Waals surface area (Å²) in [5.41, 5.74) is 4.03. The number of carbonyl (C=O) groups is 1. The zero-order valence-electron chi connectivity index (χ0n) is 16.6. The molecular formula is C23H26N2O3. The van der Waals surface area contributed by atoms with Gasteiger partial charge in [0.05, 0.1) is 6.04 Å². The van der Waals surface area contributed by atoms with E-state index >= 15 is 0 Å². The lowest BCUT2D eigenvalue weighted by Crippen LogP contribution is -2.32. The van der Waals surface area contributed by atoms with Gasteiger partial charge in [-0.3, -0.25) is 4.90 Å². The van der Waals surface area contributed by atoms with E-state index in [1.807, 2.05) is 49.4 Å². The molecule has 0 fully saturated rings. The molecule has 0 aliphatic carbocycles. The molecule has 1 unspecified atom stereocenters. The molecule has 28 heavy (non-hydrogen) atoms. The Morgan fingerprint density at radius 2 is 1.82 bits per heavy atom. The summed E-state index contributed by atoms with van der Waals surface area (Å²) in [6.45, 7) is 5.81. The van der Waals surface area contributed by atoms with Gasteiger partial charge in [-0.2, -0.15) is 0 Å². The average molecular weight is 378 g/mol. The molecule has 5 heteroatoms. The first kappa shape index (κ1) is 19.7. The predicted molar refractivity (Wildman–Crippen MR) is 111 cm³/mol. The number of hydrogen-bond acceptors (Lipinski definition) is 3. The lowest BCUT2D eigenvalue weighted by Gasteiger charge is -2.26. The number of unbranched alkanes of at least 4 members (excludes halogenated alkanes) is 1. The highest BCUT2D eigenvalue weighted by atomic mass is 16.5. The fourth-order valence-electron chi connectivity index (χ4n) is 3.38. The first-order chi connectivity index (χ1) is 13.5. The maximum absolute atomic E-state index is 12.2. The Labute approximate surface area is 165 Å². The molecule has 0 aliphatic rings. The minimum atomic E-state index is -1.04. The van der Waals surface area contributed by atoms with Gasteiger partial charge in [-0.15, -0.1) is 0 Å². The molecule has 1 heterocycles. The molecule has 146 valence electrons. The van der Waals surface area contributed by atoms with E-state index in [1.165, 1.54) is 10.5 Å². The van der Waals surface area contributed by atoms with E-state index in [4.69, 9.17) is 4.52 Å². The fourth-order valence-corrected chi connectivity index (χ4v) is 3.38. The normalized spacial score (nSPS) is 12.0. The summed E-state index contributed by atoms with van der Waals surface area (Å²) in [6.07, 6.45) is 2.29. The summed E-state index contributed by atoms with van der Waals surface area (Å²) in [7, 11) is 0. The number of amides is 1. The Bertz CT molecular complexity index is 917. The van der Waals surface area contributed by atoms with Crippen molar-refractivity contribution in [2.24, 2.45) is 0 Å². The molecule has 1 N–H and O–H groups in total. The van der Waals surface area contributed by atoms with E-state index in [0.717, 1.165) is 30.4 Å². The highest BCUT2D eigenvalue weighted by Crippen LogP contribution is 2.38. The molecule has 0 bridgehead atoms. The number of aromatic nitrogens is 1. The summed E-state index contributed by atoms with van der Waals surface area (Å²) >= 11 is 0. The number of hydrogen-bond donors (Lipinski definition) is 1. The Morgan fingerprint density at radius 1 is 1.14 bits per heavy atom. The molecular weight excluding hydrogens is 352 g/mol. The van der Waals surface area contributed by atoms with Gasteiger partial charge >= 0.3 is 6.09 Å².